The van der Waals surface area contributed by atoms with Crippen molar-refractivity contribution in [1.29, 1.82) is 0 Å². The molecule has 0 heterocycles. The molecule has 8 heteroatoms. The first-order valence-electron chi connectivity index (χ1n) is 4.02. The van der Waals surface area contributed by atoms with Crippen molar-refractivity contribution in [2.75, 3.05) is 0 Å². The second-order valence-corrected chi connectivity index (χ2v) is 3.66. The quantitative estimate of drug-likeness (QED) is 0.320. The van der Waals surface area contributed by atoms with Crippen LogP contribution in [0.1, 0.15) is 5.56 Å². The zero-order chi connectivity index (χ0) is 12.3. The van der Waals surface area contributed by atoms with Gasteiger partial charge in [0.25, 0.3) is 0 Å². The molecule has 1 aromatic carbocycles. The number of hydrazine groups is 1. The van der Waals surface area contributed by atoms with Crippen LogP contribution in [0.25, 0.3) is 0 Å². The lowest BCUT2D eigenvalue weighted by atomic mass is 10.2. The molecule has 0 unspecified atom stereocenters. The Labute approximate surface area is 97.6 Å². The van der Waals surface area contributed by atoms with Crippen LogP contribution in [0, 0.1) is 0 Å². The van der Waals surface area contributed by atoms with E-state index in [1.807, 2.05) is 5.43 Å². The Balaban J connectivity index is 3.18. The summed E-state index contributed by atoms with van der Waals surface area (Å²) in [6.45, 7) is 0. The lowest BCUT2D eigenvalue weighted by molar-refractivity contribution is -0.138. The molecule has 16 heavy (non-hydrogen) atoms. The van der Waals surface area contributed by atoms with E-state index in [9.17, 15) is 13.2 Å². The third kappa shape index (κ3) is 3.11. The van der Waals surface area contributed by atoms with Crippen LogP contribution < -0.4 is 17.0 Å². The van der Waals surface area contributed by atoms with Gasteiger partial charge in [-0.2, -0.15) is 13.2 Å². The standard InChI is InChI=1S/C8H8BrF3N4/c9-6-2-1-4(15-7(13)16-14)3-5(6)8(10,11)12/h1-3H,14H2,(H3,13,15,16). The van der Waals surface area contributed by atoms with Crippen LogP contribution in [0.3, 0.4) is 0 Å². The maximum Gasteiger partial charge on any atom is 0.417 e. The number of halogens is 4. The summed E-state index contributed by atoms with van der Waals surface area (Å²) in [6.07, 6.45) is -4.45. The fourth-order valence-corrected chi connectivity index (χ4v) is 1.44. The van der Waals surface area contributed by atoms with Gasteiger partial charge >= 0.3 is 6.18 Å². The smallest absolute Gasteiger partial charge is 0.369 e. The summed E-state index contributed by atoms with van der Waals surface area (Å²) >= 11 is 2.81. The van der Waals surface area contributed by atoms with Crippen LogP contribution in [-0.4, -0.2) is 5.96 Å². The number of guanidine groups is 1. The van der Waals surface area contributed by atoms with Crippen molar-refractivity contribution in [2.45, 2.75) is 6.18 Å². The number of hydrogen-bond donors (Lipinski definition) is 3. The van der Waals surface area contributed by atoms with Gasteiger partial charge in [0.05, 0.1) is 11.3 Å². The van der Waals surface area contributed by atoms with Crippen molar-refractivity contribution in [3.05, 3.63) is 28.2 Å². The average Bonchev–Trinajstić information content (AvgIpc) is 2.19. The highest BCUT2D eigenvalue weighted by molar-refractivity contribution is 9.10. The monoisotopic (exact) mass is 296 g/mol. The minimum absolute atomic E-state index is 0.0572. The van der Waals surface area contributed by atoms with Crippen molar-refractivity contribution in [3.63, 3.8) is 0 Å². The third-order valence-electron chi connectivity index (χ3n) is 1.65. The highest BCUT2D eigenvalue weighted by atomic mass is 79.9. The van der Waals surface area contributed by atoms with E-state index >= 15 is 0 Å². The van der Waals surface area contributed by atoms with Gasteiger partial charge in [-0.1, -0.05) is 15.9 Å². The zero-order valence-electron chi connectivity index (χ0n) is 7.85. The second-order valence-electron chi connectivity index (χ2n) is 2.80. The molecule has 0 aliphatic carbocycles. The van der Waals surface area contributed by atoms with E-state index < -0.39 is 11.7 Å². The molecule has 0 saturated heterocycles. The summed E-state index contributed by atoms with van der Waals surface area (Å²) in [4.78, 5) is 3.63. The summed E-state index contributed by atoms with van der Waals surface area (Å²) in [5, 5.41) is 0. The minimum Gasteiger partial charge on any atom is -0.369 e. The lowest BCUT2D eigenvalue weighted by Gasteiger charge is -2.09. The van der Waals surface area contributed by atoms with Gasteiger partial charge < -0.3 is 5.73 Å². The number of rotatable bonds is 1. The molecule has 0 spiro atoms. The number of alkyl halides is 3. The van der Waals surface area contributed by atoms with Gasteiger partial charge in [-0.05, 0) is 18.2 Å². The molecule has 0 fully saturated rings. The van der Waals surface area contributed by atoms with Crippen LogP contribution in [0.15, 0.2) is 27.7 Å². The number of nitrogens with two attached hydrogens (primary N) is 2. The topological polar surface area (TPSA) is 76.4 Å². The molecule has 0 aromatic heterocycles. The number of benzene rings is 1. The minimum atomic E-state index is -4.45. The summed E-state index contributed by atoms with van der Waals surface area (Å²) in [5.74, 6) is 4.77. The predicted octanol–water partition coefficient (Wildman–Crippen LogP) is 1.88. The maximum absolute atomic E-state index is 12.5. The molecular weight excluding hydrogens is 289 g/mol. The first-order valence-corrected chi connectivity index (χ1v) is 4.81. The van der Waals surface area contributed by atoms with Gasteiger partial charge in [-0.25, -0.2) is 10.8 Å². The van der Waals surface area contributed by atoms with Crippen LogP contribution >= 0.6 is 15.9 Å². The molecule has 0 atom stereocenters. The van der Waals surface area contributed by atoms with Crippen LogP contribution in [0.5, 0.6) is 0 Å². The highest BCUT2D eigenvalue weighted by Gasteiger charge is 2.33. The van der Waals surface area contributed by atoms with Crippen molar-refractivity contribution in [3.8, 4) is 0 Å². The highest BCUT2D eigenvalue weighted by Crippen LogP contribution is 2.36. The van der Waals surface area contributed by atoms with Gasteiger partial charge in [0, 0.05) is 4.47 Å². The summed E-state index contributed by atoms with van der Waals surface area (Å²) in [6, 6.07) is 3.49. The van der Waals surface area contributed by atoms with E-state index in [1.165, 1.54) is 12.1 Å². The van der Waals surface area contributed by atoms with Gasteiger partial charge in [0.2, 0.25) is 5.96 Å². The van der Waals surface area contributed by atoms with Crippen LogP contribution in [0.4, 0.5) is 18.9 Å². The molecule has 0 aliphatic heterocycles. The number of aliphatic imine (C=N–C) groups is 1. The van der Waals surface area contributed by atoms with Gasteiger partial charge in [0.15, 0.2) is 0 Å². The molecule has 1 aromatic rings. The lowest BCUT2D eigenvalue weighted by Crippen LogP contribution is -2.36. The normalized spacial score (nSPS) is 12.7. The second kappa shape index (κ2) is 4.71. The van der Waals surface area contributed by atoms with E-state index in [0.717, 1.165) is 6.07 Å². The Morgan fingerprint density at radius 1 is 1.38 bits per heavy atom. The third-order valence-corrected chi connectivity index (χ3v) is 2.34. The van der Waals surface area contributed by atoms with E-state index in [0.29, 0.717) is 0 Å². The van der Waals surface area contributed by atoms with Crippen molar-refractivity contribution in [1.82, 2.24) is 5.43 Å². The Morgan fingerprint density at radius 3 is 2.50 bits per heavy atom. The van der Waals surface area contributed by atoms with Crippen LogP contribution in [-0.2, 0) is 6.18 Å². The van der Waals surface area contributed by atoms with Crippen molar-refractivity contribution >= 4 is 27.6 Å². The van der Waals surface area contributed by atoms with E-state index in [1.54, 1.807) is 0 Å². The molecule has 88 valence electrons. The molecule has 0 bridgehead atoms. The fourth-order valence-electron chi connectivity index (χ4n) is 0.971. The van der Waals surface area contributed by atoms with E-state index in [2.05, 4.69) is 20.9 Å². The molecular formula is C8H8BrF3N4. The maximum atomic E-state index is 12.5. The Bertz CT molecular complexity index is 416. The Morgan fingerprint density at radius 2 is 2.00 bits per heavy atom. The predicted molar refractivity (Wildman–Crippen MR) is 57.7 cm³/mol. The Hall–Kier alpha value is -1.28. The SMILES string of the molecule is NNC(N)=Nc1ccc(Br)c(C(F)(F)F)c1. The molecule has 1 rings (SSSR count). The van der Waals surface area contributed by atoms with E-state index in [4.69, 9.17) is 11.6 Å². The number of hydrogen-bond acceptors (Lipinski definition) is 2. The summed E-state index contributed by atoms with van der Waals surface area (Å²) < 4.78 is 37.4. The first-order chi connectivity index (χ1) is 7.34. The largest absolute Gasteiger partial charge is 0.417 e. The van der Waals surface area contributed by atoms with Crippen molar-refractivity contribution < 1.29 is 13.2 Å². The fraction of sp³-hybridized carbons (Fsp3) is 0.125. The first kappa shape index (κ1) is 12.8. The number of nitrogens with zero attached hydrogens (tertiary/aromatic N) is 1. The molecule has 0 aliphatic rings. The molecule has 0 saturated carbocycles. The molecule has 0 amide bonds. The zero-order valence-corrected chi connectivity index (χ0v) is 9.43. The molecule has 0 radical (unpaired) electrons. The Kier molecular flexibility index (Phi) is 3.76. The van der Waals surface area contributed by atoms with Gasteiger partial charge in [0.1, 0.15) is 0 Å². The summed E-state index contributed by atoms with van der Waals surface area (Å²) in [7, 11) is 0. The van der Waals surface area contributed by atoms with Gasteiger partial charge in [-0.15, -0.1) is 0 Å². The average molecular weight is 297 g/mol. The molecule has 4 nitrogen and oxygen atoms in total. The number of nitrogens with one attached hydrogen (secondary N) is 1. The molecule has 5 N–H and O–H groups in total. The van der Waals surface area contributed by atoms with Crippen LogP contribution in [0.2, 0.25) is 0 Å². The van der Waals surface area contributed by atoms with Gasteiger partial charge in [-0.3, -0.25) is 5.43 Å². The summed E-state index contributed by atoms with van der Waals surface area (Å²) in [5.41, 5.74) is 6.48. The van der Waals surface area contributed by atoms with Crippen molar-refractivity contribution in [2.24, 2.45) is 16.6 Å². The van der Waals surface area contributed by atoms with E-state index in [-0.39, 0.29) is 16.1 Å².